The molecule has 4 nitrogen and oxygen atoms in total. The first kappa shape index (κ1) is 12.9. The van der Waals surface area contributed by atoms with Crippen molar-refractivity contribution in [3.63, 3.8) is 0 Å². The lowest BCUT2D eigenvalue weighted by Crippen LogP contribution is -1.89. The van der Waals surface area contributed by atoms with Crippen molar-refractivity contribution in [2.75, 3.05) is 0 Å². The number of nitrogens with zero attached hydrogens (tertiary/aromatic N) is 4. The Kier molecular flexibility index (Phi) is 2.67. The van der Waals surface area contributed by atoms with E-state index in [1.807, 2.05) is 60.8 Å². The number of aliphatic imine (C=N–C) groups is 4. The maximum absolute atomic E-state index is 4.58. The Morgan fingerprint density at radius 2 is 1.04 bits per heavy atom. The molecule has 24 heavy (non-hydrogen) atoms. The molecule has 5 rings (SSSR count). The maximum atomic E-state index is 4.58. The lowest BCUT2D eigenvalue weighted by atomic mass is 10.2. The van der Waals surface area contributed by atoms with Gasteiger partial charge >= 0.3 is 0 Å². The normalized spacial score (nSPS) is 22.0. The Morgan fingerprint density at radius 1 is 0.500 bits per heavy atom. The summed E-state index contributed by atoms with van der Waals surface area (Å²) in [4.78, 5) is 18.2. The van der Waals surface area contributed by atoms with Gasteiger partial charge in [0.2, 0.25) is 0 Å². The van der Waals surface area contributed by atoms with E-state index < -0.39 is 0 Å². The quantitative estimate of drug-likeness (QED) is 0.618. The first-order chi connectivity index (χ1) is 11.8. The molecular formula is C20H10N4. The van der Waals surface area contributed by atoms with Crippen LogP contribution in [0.5, 0.6) is 0 Å². The Labute approximate surface area is 138 Å². The van der Waals surface area contributed by atoms with Gasteiger partial charge in [-0.25, -0.2) is 20.0 Å². The van der Waals surface area contributed by atoms with Crippen molar-refractivity contribution in [1.82, 2.24) is 0 Å². The highest BCUT2D eigenvalue weighted by atomic mass is 14.8. The molecule has 0 aromatic rings. The molecule has 0 atom stereocenters. The predicted octanol–water partition coefficient (Wildman–Crippen LogP) is 3.03. The van der Waals surface area contributed by atoms with E-state index in [1.165, 1.54) is 0 Å². The van der Waals surface area contributed by atoms with Gasteiger partial charge in [0, 0.05) is 0 Å². The molecule has 5 aliphatic rings. The molecule has 110 valence electrons. The molecule has 5 aliphatic heterocycles. The lowest BCUT2D eigenvalue weighted by molar-refractivity contribution is 1.42. The molecule has 8 bridgehead atoms. The number of allylic oxidation sites excluding steroid dienone is 11. The third-order valence-corrected chi connectivity index (χ3v) is 3.77. The zero-order valence-corrected chi connectivity index (χ0v) is 12.6. The van der Waals surface area contributed by atoms with Gasteiger partial charge in [-0.1, -0.05) is 0 Å². The van der Waals surface area contributed by atoms with Crippen LogP contribution in [0.15, 0.2) is 104 Å². The summed E-state index contributed by atoms with van der Waals surface area (Å²) in [7, 11) is 0. The molecule has 0 aromatic carbocycles. The van der Waals surface area contributed by atoms with Crippen molar-refractivity contribution >= 4 is 22.8 Å². The fourth-order valence-corrected chi connectivity index (χ4v) is 2.70. The smallest absolute Gasteiger partial charge is 0.117 e. The van der Waals surface area contributed by atoms with Crippen molar-refractivity contribution in [2.45, 2.75) is 0 Å². The Morgan fingerprint density at radius 3 is 1.67 bits per heavy atom. The molecule has 0 N–H and O–H groups in total. The van der Waals surface area contributed by atoms with E-state index in [4.69, 9.17) is 0 Å². The average molecular weight is 306 g/mol. The molecule has 0 radical (unpaired) electrons. The topological polar surface area (TPSA) is 49.4 Å². The van der Waals surface area contributed by atoms with Gasteiger partial charge in [-0.05, 0) is 72.6 Å². The van der Waals surface area contributed by atoms with E-state index in [9.17, 15) is 0 Å². The first-order valence-electron chi connectivity index (χ1n) is 7.58. The summed E-state index contributed by atoms with van der Waals surface area (Å²) in [6.07, 6.45) is 19.5. The summed E-state index contributed by atoms with van der Waals surface area (Å²) in [5.41, 5.74) is 6.61. The van der Waals surface area contributed by atoms with Gasteiger partial charge in [0.15, 0.2) is 0 Å². The number of fused-ring (bicyclic) bond motifs is 4. The highest BCUT2D eigenvalue weighted by molar-refractivity contribution is 6.16. The van der Waals surface area contributed by atoms with Gasteiger partial charge in [-0.2, -0.15) is 0 Å². The summed E-state index contributed by atoms with van der Waals surface area (Å²) in [5, 5.41) is 0. The lowest BCUT2D eigenvalue weighted by Gasteiger charge is -1.93. The molecule has 4 heteroatoms. The van der Waals surface area contributed by atoms with Crippen molar-refractivity contribution in [3.8, 4) is 11.8 Å². The predicted molar refractivity (Wildman–Crippen MR) is 97.3 cm³/mol. The van der Waals surface area contributed by atoms with Crippen LogP contribution in [-0.4, -0.2) is 22.8 Å². The highest BCUT2D eigenvalue weighted by Crippen LogP contribution is 2.19. The Hall–Kier alpha value is -3.58. The minimum atomic E-state index is 0.713. The van der Waals surface area contributed by atoms with Crippen molar-refractivity contribution in [2.24, 2.45) is 20.0 Å². The largest absolute Gasteiger partial charge is 0.249 e. The van der Waals surface area contributed by atoms with Crippen LogP contribution in [0.1, 0.15) is 0 Å². The van der Waals surface area contributed by atoms with Crippen LogP contribution in [-0.2, 0) is 0 Å². The van der Waals surface area contributed by atoms with Crippen molar-refractivity contribution in [1.29, 1.82) is 0 Å². The highest BCUT2D eigenvalue weighted by Gasteiger charge is 2.11. The van der Waals surface area contributed by atoms with E-state index in [-0.39, 0.29) is 0 Å². The Balaban J connectivity index is 1.66. The molecule has 0 aliphatic carbocycles. The van der Waals surface area contributed by atoms with Crippen LogP contribution >= 0.6 is 0 Å². The molecule has 0 fully saturated rings. The minimum absolute atomic E-state index is 0.713. The van der Waals surface area contributed by atoms with Crippen LogP contribution in [0.2, 0.25) is 0 Å². The summed E-state index contributed by atoms with van der Waals surface area (Å²) in [6, 6.07) is 0. The first-order valence-corrected chi connectivity index (χ1v) is 7.58. The van der Waals surface area contributed by atoms with Gasteiger partial charge in [0.1, 0.15) is 11.4 Å². The number of rotatable bonds is 0. The standard InChI is InChI=1S/C20H10N4/c1-2-14-10-16-5-6-18(23-16)12-20-8-7-19(24-20)11-17-4-3-15(22-17)9-13(1)21-14/h1-6,9-12H. The van der Waals surface area contributed by atoms with Gasteiger partial charge in [-0.15, -0.1) is 0 Å². The summed E-state index contributed by atoms with van der Waals surface area (Å²) in [6.45, 7) is 0. The molecule has 0 unspecified atom stereocenters. The second-order valence-corrected chi connectivity index (χ2v) is 5.59. The zero-order chi connectivity index (χ0) is 15.9. The average Bonchev–Trinajstić information content (AvgIpc) is 3.32. The van der Waals surface area contributed by atoms with Gasteiger partial charge < -0.3 is 0 Å². The minimum Gasteiger partial charge on any atom is -0.249 e. The molecule has 5 heterocycles. The molecule has 0 saturated heterocycles. The molecular weight excluding hydrogens is 296 g/mol. The van der Waals surface area contributed by atoms with Crippen molar-refractivity contribution < 1.29 is 0 Å². The molecule has 0 aromatic heterocycles. The second-order valence-electron chi connectivity index (χ2n) is 5.59. The van der Waals surface area contributed by atoms with E-state index in [1.54, 1.807) is 0 Å². The molecule has 0 amide bonds. The van der Waals surface area contributed by atoms with Crippen LogP contribution in [0.4, 0.5) is 0 Å². The monoisotopic (exact) mass is 306 g/mol. The van der Waals surface area contributed by atoms with Gasteiger partial charge in [0.25, 0.3) is 0 Å². The van der Waals surface area contributed by atoms with E-state index in [0.717, 1.165) is 34.2 Å². The zero-order valence-electron chi connectivity index (χ0n) is 12.6. The van der Waals surface area contributed by atoms with Crippen LogP contribution in [0, 0.1) is 11.8 Å². The fraction of sp³-hybridized carbons (Fsp3) is 0. The van der Waals surface area contributed by atoms with Crippen molar-refractivity contribution in [3.05, 3.63) is 83.5 Å². The molecule has 0 saturated carbocycles. The van der Waals surface area contributed by atoms with Crippen LogP contribution < -0.4 is 0 Å². The van der Waals surface area contributed by atoms with Crippen LogP contribution in [0.25, 0.3) is 0 Å². The SMILES string of the molecule is C1#CC2=NC1=CC1=NC(=CC3=NC(=CC4=NC(=C2)C=C4)C=C3)C=C1. The Bertz CT molecular complexity index is 1080. The van der Waals surface area contributed by atoms with Crippen LogP contribution in [0.3, 0.4) is 0 Å². The number of hydrogen-bond acceptors (Lipinski definition) is 4. The summed E-state index contributed by atoms with van der Waals surface area (Å²) >= 11 is 0. The van der Waals surface area contributed by atoms with Gasteiger partial charge in [-0.3, -0.25) is 0 Å². The third kappa shape index (κ3) is 2.38. The number of hydrogen-bond donors (Lipinski definition) is 0. The van der Waals surface area contributed by atoms with E-state index >= 15 is 0 Å². The van der Waals surface area contributed by atoms with E-state index in [0.29, 0.717) is 11.4 Å². The third-order valence-electron chi connectivity index (χ3n) is 3.77. The molecule has 0 spiro atoms. The second kappa shape index (κ2) is 4.97. The van der Waals surface area contributed by atoms with Gasteiger partial charge in [0.05, 0.1) is 34.2 Å². The summed E-state index contributed by atoms with van der Waals surface area (Å²) in [5.74, 6) is 6.06. The maximum Gasteiger partial charge on any atom is 0.117 e. The van der Waals surface area contributed by atoms with E-state index in [2.05, 4.69) is 31.8 Å². The fourth-order valence-electron chi connectivity index (χ4n) is 2.70. The summed E-state index contributed by atoms with van der Waals surface area (Å²) < 4.78 is 0.